The number of rotatable bonds is 7. The Balaban J connectivity index is 1.93. The SMILES string of the molecule is O=C(COCC1CCc2ccccc2N1S(=O)(=O)c1ccc(Cl)c(Cl)c1)OCO. The number of fused-ring (bicyclic) bond motifs is 1. The summed E-state index contributed by atoms with van der Waals surface area (Å²) in [5.41, 5.74) is 1.45. The normalized spacial score (nSPS) is 16.4. The fraction of sp³-hybridized carbons (Fsp3) is 0.316. The molecule has 0 bridgehead atoms. The summed E-state index contributed by atoms with van der Waals surface area (Å²) in [7, 11) is -3.97. The fourth-order valence-electron chi connectivity index (χ4n) is 3.19. The number of para-hydroxylation sites is 1. The van der Waals surface area contributed by atoms with Crippen molar-refractivity contribution in [2.75, 3.05) is 24.3 Å². The monoisotopic (exact) mass is 459 g/mol. The maximum absolute atomic E-state index is 13.5. The molecule has 2 aromatic carbocycles. The molecule has 0 amide bonds. The van der Waals surface area contributed by atoms with Crippen LogP contribution < -0.4 is 4.31 Å². The first kappa shape index (κ1) is 21.9. The van der Waals surface area contributed by atoms with Crippen molar-refractivity contribution in [3.63, 3.8) is 0 Å². The number of carbonyl (C=O) groups excluding carboxylic acids is 1. The van der Waals surface area contributed by atoms with Crippen LogP contribution in [0.5, 0.6) is 0 Å². The summed E-state index contributed by atoms with van der Waals surface area (Å²) < 4.78 is 38.0. The van der Waals surface area contributed by atoms with E-state index in [4.69, 9.17) is 33.0 Å². The van der Waals surface area contributed by atoms with E-state index in [0.717, 1.165) is 5.56 Å². The lowest BCUT2D eigenvalue weighted by Crippen LogP contribution is -2.46. The number of hydrogen-bond acceptors (Lipinski definition) is 6. The van der Waals surface area contributed by atoms with Crippen LogP contribution in [0.25, 0.3) is 0 Å². The third kappa shape index (κ3) is 4.84. The van der Waals surface area contributed by atoms with Crippen LogP contribution in [0.4, 0.5) is 5.69 Å². The maximum Gasteiger partial charge on any atom is 0.334 e. The van der Waals surface area contributed by atoms with Crippen molar-refractivity contribution in [2.24, 2.45) is 0 Å². The average molecular weight is 460 g/mol. The van der Waals surface area contributed by atoms with Gasteiger partial charge in [-0.3, -0.25) is 4.31 Å². The van der Waals surface area contributed by atoms with Crippen molar-refractivity contribution in [2.45, 2.75) is 23.8 Å². The van der Waals surface area contributed by atoms with Gasteiger partial charge in [-0.25, -0.2) is 13.2 Å². The van der Waals surface area contributed by atoms with Crippen molar-refractivity contribution >= 4 is 44.9 Å². The van der Waals surface area contributed by atoms with Crippen LogP contribution >= 0.6 is 23.2 Å². The minimum Gasteiger partial charge on any atom is -0.437 e. The quantitative estimate of drug-likeness (QED) is 0.505. The molecule has 7 nitrogen and oxygen atoms in total. The van der Waals surface area contributed by atoms with Crippen molar-refractivity contribution in [3.05, 3.63) is 58.1 Å². The number of aliphatic hydroxyl groups is 1. The highest BCUT2D eigenvalue weighted by molar-refractivity contribution is 7.92. The predicted octanol–water partition coefficient (Wildman–Crippen LogP) is 3.01. The van der Waals surface area contributed by atoms with Gasteiger partial charge in [-0.15, -0.1) is 0 Å². The van der Waals surface area contributed by atoms with Gasteiger partial charge in [0, 0.05) is 0 Å². The van der Waals surface area contributed by atoms with Gasteiger partial charge in [-0.1, -0.05) is 41.4 Å². The number of ether oxygens (including phenoxy) is 2. The summed E-state index contributed by atoms with van der Waals surface area (Å²) in [5.74, 6) is -0.734. The number of nitrogens with zero attached hydrogens (tertiary/aromatic N) is 1. The van der Waals surface area contributed by atoms with Gasteiger partial charge in [0.1, 0.15) is 6.61 Å². The Morgan fingerprint density at radius 3 is 2.66 bits per heavy atom. The van der Waals surface area contributed by atoms with Crippen molar-refractivity contribution < 1.29 is 27.8 Å². The first-order valence-corrected chi connectivity index (χ1v) is 11.0. The number of halogens is 2. The number of aliphatic hydroxyl groups excluding tert-OH is 1. The molecule has 0 saturated carbocycles. The molecule has 2 aromatic rings. The molecule has 1 heterocycles. The predicted molar refractivity (Wildman–Crippen MR) is 109 cm³/mol. The number of hydrogen-bond donors (Lipinski definition) is 1. The Labute approximate surface area is 178 Å². The van der Waals surface area contributed by atoms with Crippen molar-refractivity contribution in [1.82, 2.24) is 0 Å². The second kappa shape index (κ2) is 9.32. The van der Waals surface area contributed by atoms with Gasteiger partial charge in [0.05, 0.1) is 33.3 Å². The van der Waals surface area contributed by atoms with Crippen LogP contribution in [-0.2, 0) is 30.7 Å². The molecule has 10 heteroatoms. The van der Waals surface area contributed by atoms with E-state index in [-0.39, 0.29) is 28.2 Å². The van der Waals surface area contributed by atoms with Crippen LogP contribution in [0.15, 0.2) is 47.4 Å². The lowest BCUT2D eigenvalue weighted by molar-refractivity contribution is -0.157. The number of carbonyl (C=O) groups is 1. The molecule has 1 N–H and O–H groups in total. The van der Waals surface area contributed by atoms with Gasteiger partial charge in [0.25, 0.3) is 10.0 Å². The van der Waals surface area contributed by atoms with E-state index in [9.17, 15) is 13.2 Å². The molecular weight excluding hydrogens is 441 g/mol. The smallest absolute Gasteiger partial charge is 0.334 e. The minimum atomic E-state index is -3.97. The number of aryl methyl sites for hydroxylation is 1. The number of benzene rings is 2. The lowest BCUT2D eigenvalue weighted by Gasteiger charge is -2.37. The third-order valence-electron chi connectivity index (χ3n) is 4.51. The Morgan fingerprint density at radius 2 is 1.93 bits per heavy atom. The minimum absolute atomic E-state index is 0.00768. The number of sulfonamides is 1. The fourth-order valence-corrected chi connectivity index (χ4v) is 5.29. The molecular formula is C19H19Cl2NO6S. The summed E-state index contributed by atoms with van der Waals surface area (Å²) in [6.45, 7) is -1.15. The van der Waals surface area contributed by atoms with Gasteiger partial charge < -0.3 is 14.6 Å². The molecule has 1 aliphatic rings. The van der Waals surface area contributed by atoms with Gasteiger partial charge >= 0.3 is 5.97 Å². The Hall–Kier alpha value is -1.84. The Bertz CT molecular complexity index is 998. The van der Waals surface area contributed by atoms with Crippen LogP contribution in [0.1, 0.15) is 12.0 Å². The molecule has 156 valence electrons. The molecule has 1 unspecified atom stereocenters. The summed E-state index contributed by atoms with van der Waals surface area (Å²) in [5, 5.41) is 9.00. The van der Waals surface area contributed by atoms with E-state index in [1.165, 1.54) is 22.5 Å². The summed E-state index contributed by atoms with van der Waals surface area (Å²) in [6, 6.07) is 10.8. The van der Waals surface area contributed by atoms with Crippen molar-refractivity contribution in [3.8, 4) is 0 Å². The molecule has 29 heavy (non-hydrogen) atoms. The Morgan fingerprint density at radius 1 is 1.17 bits per heavy atom. The van der Waals surface area contributed by atoms with E-state index in [2.05, 4.69) is 4.74 Å². The van der Waals surface area contributed by atoms with Crippen LogP contribution in [0, 0.1) is 0 Å². The molecule has 1 atom stereocenters. The van der Waals surface area contributed by atoms with Crippen LogP contribution in [-0.4, -0.2) is 45.5 Å². The average Bonchev–Trinajstić information content (AvgIpc) is 2.69. The van der Waals surface area contributed by atoms with Gasteiger partial charge in [0.15, 0.2) is 6.79 Å². The largest absolute Gasteiger partial charge is 0.437 e. The number of anilines is 1. The van der Waals surface area contributed by atoms with E-state index in [1.807, 2.05) is 12.1 Å². The summed E-state index contributed by atoms with van der Waals surface area (Å²) >= 11 is 12.0. The van der Waals surface area contributed by atoms with E-state index in [1.54, 1.807) is 12.1 Å². The molecule has 0 fully saturated rings. The van der Waals surface area contributed by atoms with Gasteiger partial charge in [-0.2, -0.15) is 0 Å². The standard InChI is InChI=1S/C19H19Cl2NO6S/c20-16-8-7-15(9-17(16)21)29(25,26)22-14(10-27-11-19(24)28-12-23)6-5-13-3-1-2-4-18(13)22/h1-4,7-9,14,23H,5-6,10-12H2. The summed E-state index contributed by atoms with van der Waals surface area (Å²) in [6.07, 6.45) is 1.17. The zero-order valence-electron chi connectivity index (χ0n) is 15.3. The molecule has 0 saturated heterocycles. The lowest BCUT2D eigenvalue weighted by atomic mass is 9.98. The molecule has 1 aliphatic heterocycles. The number of esters is 1. The Kier molecular flexibility index (Phi) is 7.02. The maximum atomic E-state index is 13.5. The second-order valence-electron chi connectivity index (χ2n) is 6.36. The topological polar surface area (TPSA) is 93.1 Å². The van der Waals surface area contributed by atoms with Crippen LogP contribution in [0.3, 0.4) is 0 Å². The molecule has 0 spiro atoms. The highest BCUT2D eigenvalue weighted by atomic mass is 35.5. The second-order valence-corrected chi connectivity index (χ2v) is 8.99. The molecule has 0 aliphatic carbocycles. The molecule has 0 radical (unpaired) electrons. The highest BCUT2D eigenvalue weighted by Crippen LogP contribution is 2.36. The van der Waals surface area contributed by atoms with Gasteiger partial charge in [0.2, 0.25) is 0 Å². The molecule has 3 rings (SSSR count). The third-order valence-corrected chi connectivity index (χ3v) is 7.11. The van der Waals surface area contributed by atoms with Crippen molar-refractivity contribution in [1.29, 1.82) is 0 Å². The summed E-state index contributed by atoms with van der Waals surface area (Å²) in [4.78, 5) is 11.4. The zero-order valence-corrected chi connectivity index (χ0v) is 17.6. The van der Waals surface area contributed by atoms with E-state index < -0.39 is 28.8 Å². The van der Waals surface area contributed by atoms with Gasteiger partial charge in [-0.05, 0) is 42.7 Å². The molecule has 0 aromatic heterocycles. The highest BCUT2D eigenvalue weighted by Gasteiger charge is 2.36. The van der Waals surface area contributed by atoms with Crippen LogP contribution in [0.2, 0.25) is 10.0 Å². The first-order chi connectivity index (χ1) is 13.8. The zero-order chi connectivity index (χ0) is 21.0. The first-order valence-electron chi connectivity index (χ1n) is 8.76. The van der Waals surface area contributed by atoms with E-state index >= 15 is 0 Å². The van der Waals surface area contributed by atoms with E-state index in [0.29, 0.717) is 18.5 Å².